The van der Waals surface area contributed by atoms with Crippen LogP contribution in [-0.2, 0) is 38.7 Å². The molecule has 1 aliphatic rings. The van der Waals surface area contributed by atoms with E-state index in [2.05, 4.69) is 19.6 Å². The Morgan fingerprint density at radius 3 is 1.79 bits per heavy atom. The van der Waals surface area contributed by atoms with Gasteiger partial charge >= 0.3 is 23.9 Å². The molecule has 0 radical (unpaired) electrons. The highest BCUT2D eigenvalue weighted by molar-refractivity contribution is 5.98. The first-order chi connectivity index (χ1) is 8.77. The maximum atomic E-state index is 11.6. The molecule has 0 aromatic rings. The first kappa shape index (κ1) is 14.9. The minimum Gasteiger partial charge on any atom is -0.312 e. The van der Waals surface area contributed by atoms with Crippen molar-refractivity contribution < 1.29 is 38.7 Å². The third-order valence-electron chi connectivity index (χ3n) is 2.34. The van der Waals surface area contributed by atoms with Crippen LogP contribution in [0.2, 0.25) is 0 Å². The van der Waals surface area contributed by atoms with E-state index in [9.17, 15) is 19.2 Å². The third kappa shape index (κ3) is 3.63. The van der Waals surface area contributed by atoms with Gasteiger partial charge in [0.1, 0.15) is 0 Å². The van der Waals surface area contributed by atoms with Crippen molar-refractivity contribution in [1.29, 1.82) is 0 Å². The second-order valence-electron chi connectivity index (χ2n) is 3.79. The normalized spacial score (nSPS) is 19.1. The first-order valence-electron chi connectivity index (χ1n) is 5.18. The number of hydrogen-bond acceptors (Lipinski definition) is 10. The van der Waals surface area contributed by atoms with E-state index in [4.69, 9.17) is 11.5 Å². The molecule has 0 atom stereocenters. The molecule has 0 bridgehead atoms. The third-order valence-corrected chi connectivity index (χ3v) is 2.34. The van der Waals surface area contributed by atoms with E-state index in [1.807, 2.05) is 0 Å². The molecule has 0 spiro atoms. The van der Waals surface area contributed by atoms with E-state index in [0.717, 1.165) is 0 Å². The Hall–Kier alpha value is -2.20. The minimum absolute atomic E-state index is 0.0102. The first-order valence-corrected chi connectivity index (χ1v) is 5.18. The minimum atomic E-state index is -1.83. The molecule has 1 heterocycles. The maximum absolute atomic E-state index is 11.6. The highest BCUT2D eigenvalue weighted by atomic mass is 17.2. The van der Waals surface area contributed by atoms with Crippen molar-refractivity contribution in [1.82, 2.24) is 0 Å². The summed E-state index contributed by atoms with van der Waals surface area (Å²) in [5, 5.41) is 0. The number of rotatable bonds is 2. The lowest BCUT2D eigenvalue weighted by Gasteiger charge is -2.28. The summed E-state index contributed by atoms with van der Waals surface area (Å²) in [7, 11) is 0. The van der Waals surface area contributed by atoms with Gasteiger partial charge in [0.05, 0.1) is 5.66 Å². The average molecular weight is 276 g/mol. The molecule has 0 saturated carbocycles. The second kappa shape index (κ2) is 5.63. The van der Waals surface area contributed by atoms with Crippen LogP contribution < -0.4 is 11.5 Å². The van der Waals surface area contributed by atoms with Crippen molar-refractivity contribution in [3.8, 4) is 0 Å². The van der Waals surface area contributed by atoms with Crippen LogP contribution in [-0.4, -0.2) is 29.5 Å². The largest absolute Gasteiger partial charge is 0.373 e. The molecule has 19 heavy (non-hydrogen) atoms. The molecule has 0 aliphatic carbocycles. The number of hydrogen-bond donors (Lipinski definition) is 2. The van der Waals surface area contributed by atoms with Gasteiger partial charge in [0.25, 0.3) is 0 Å². The van der Waals surface area contributed by atoms with Crippen molar-refractivity contribution >= 4 is 23.9 Å². The smallest absolute Gasteiger partial charge is 0.312 e. The molecule has 0 aromatic heterocycles. The Bertz CT molecular complexity index is 388. The van der Waals surface area contributed by atoms with Gasteiger partial charge in [0.15, 0.2) is 12.3 Å². The summed E-state index contributed by atoms with van der Waals surface area (Å²) in [5.74, 6) is -6.89. The Labute approximate surface area is 106 Å². The molecular formula is C9H12N2O8. The molecule has 0 unspecified atom stereocenters. The van der Waals surface area contributed by atoms with Crippen LogP contribution in [0, 0.1) is 5.92 Å². The molecule has 10 heteroatoms. The van der Waals surface area contributed by atoms with Crippen LogP contribution >= 0.6 is 0 Å². The summed E-state index contributed by atoms with van der Waals surface area (Å²) in [5.41, 5.74) is 9.27. The van der Waals surface area contributed by atoms with Crippen molar-refractivity contribution in [3.63, 3.8) is 0 Å². The van der Waals surface area contributed by atoms with Gasteiger partial charge in [-0.3, -0.25) is 0 Å². The molecule has 0 amide bonds. The van der Waals surface area contributed by atoms with E-state index in [-0.39, 0.29) is 6.42 Å². The second-order valence-corrected chi connectivity index (χ2v) is 3.79. The van der Waals surface area contributed by atoms with Gasteiger partial charge in [-0.05, 0) is 6.42 Å². The van der Waals surface area contributed by atoms with Crippen LogP contribution in [0.5, 0.6) is 0 Å². The Kier molecular flexibility index (Phi) is 4.40. The van der Waals surface area contributed by atoms with Gasteiger partial charge in [-0.15, -0.1) is 0 Å². The molecule has 1 saturated heterocycles. The van der Waals surface area contributed by atoms with Crippen molar-refractivity contribution in [2.24, 2.45) is 17.4 Å². The number of carbonyl (C=O) groups excluding carboxylic acids is 4. The Morgan fingerprint density at radius 2 is 1.42 bits per heavy atom. The lowest BCUT2D eigenvalue weighted by Crippen LogP contribution is -2.61. The lowest BCUT2D eigenvalue weighted by atomic mass is 9.92. The Balaban J connectivity index is 2.98. The van der Waals surface area contributed by atoms with E-state index in [0.29, 0.717) is 0 Å². The van der Waals surface area contributed by atoms with Crippen LogP contribution in [0.3, 0.4) is 0 Å². The monoisotopic (exact) mass is 276 g/mol. The van der Waals surface area contributed by atoms with E-state index < -0.39 is 41.9 Å². The predicted molar refractivity (Wildman–Crippen MR) is 53.9 cm³/mol. The van der Waals surface area contributed by atoms with Crippen LogP contribution in [0.1, 0.15) is 19.8 Å². The van der Waals surface area contributed by atoms with E-state index in [1.54, 1.807) is 0 Å². The quantitative estimate of drug-likeness (QED) is 0.329. The summed E-state index contributed by atoms with van der Waals surface area (Å²) >= 11 is 0. The lowest BCUT2D eigenvalue weighted by molar-refractivity contribution is -0.284. The standard InChI is InChI=1S/C9H12N2O8/c1-2-9(10,11)6-7(14)18-16-4(12)3-5(13)17-19-8(6)15/h6H,2-3,10-11H2,1H3. The van der Waals surface area contributed by atoms with Gasteiger partial charge in [-0.25, -0.2) is 38.7 Å². The number of nitrogens with two attached hydrogens (primary N) is 2. The summed E-state index contributed by atoms with van der Waals surface area (Å²) < 4.78 is 0. The SMILES string of the molecule is CCC(N)(N)C1C(=O)OOC(=O)CC(=O)OOC1=O. The molecule has 1 fully saturated rings. The maximum Gasteiger partial charge on any atom is 0.373 e. The summed E-state index contributed by atoms with van der Waals surface area (Å²) in [6.07, 6.45) is -0.904. The highest BCUT2D eigenvalue weighted by Gasteiger charge is 2.46. The van der Waals surface area contributed by atoms with Gasteiger partial charge in [0.2, 0.25) is 0 Å². The molecule has 4 N–H and O–H groups in total. The molecule has 1 aliphatic heterocycles. The number of carbonyl (C=O) groups is 4. The molecule has 1 rings (SSSR count). The molecular weight excluding hydrogens is 264 g/mol. The zero-order valence-corrected chi connectivity index (χ0v) is 9.91. The summed E-state index contributed by atoms with van der Waals surface area (Å²) in [6, 6.07) is 0. The van der Waals surface area contributed by atoms with Crippen LogP contribution in [0.25, 0.3) is 0 Å². The molecule has 0 aromatic carbocycles. The van der Waals surface area contributed by atoms with Gasteiger partial charge < -0.3 is 11.5 Å². The van der Waals surface area contributed by atoms with E-state index in [1.165, 1.54) is 6.92 Å². The topological polar surface area (TPSA) is 157 Å². The fourth-order valence-electron chi connectivity index (χ4n) is 1.19. The molecule has 106 valence electrons. The summed E-state index contributed by atoms with van der Waals surface area (Å²) in [6.45, 7) is 1.50. The fourth-order valence-corrected chi connectivity index (χ4v) is 1.19. The summed E-state index contributed by atoms with van der Waals surface area (Å²) in [4.78, 5) is 61.3. The van der Waals surface area contributed by atoms with Crippen molar-refractivity contribution in [3.05, 3.63) is 0 Å². The zero-order valence-electron chi connectivity index (χ0n) is 9.91. The predicted octanol–water partition coefficient (Wildman–Crippen LogP) is -1.97. The van der Waals surface area contributed by atoms with Gasteiger partial charge in [-0.2, -0.15) is 0 Å². The molecule has 10 nitrogen and oxygen atoms in total. The fraction of sp³-hybridized carbons (Fsp3) is 0.556. The van der Waals surface area contributed by atoms with Crippen LogP contribution in [0.15, 0.2) is 0 Å². The zero-order chi connectivity index (χ0) is 14.6. The van der Waals surface area contributed by atoms with E-state index >= 15 is 0 Å². The van der Waals surface area contributed by atoms with Gasteiger partial charge in [-0.1, -0.05) is 6.92 Å². The van der Waals surface area contributed by atoms with Crippen LogP contribution in [0.4, 0.5) is 0 Å². The van der Waals surface area contributed by atoms with Crippen molar-refractivity contribution in [2.75, 3.05) is 0 Å². The average Bonchev–Trinajstić information content (AvgIpc) is 2.33. The Morgan fingerprint density at radius 1 is 1.00 bits per heavy atom. The van der Waals surface area contributed by atoms with Crippen molar-refractivity contribution in [2.45, 2.75) is 25.4 Å². The highest BCUT2D eigenvalue weighted by Crippen LogP contribution is 2.18. The van der Waals surface area contributed by atoms with Gasteiger partial charge in [0, 0.05) is 0 Å².